The molecule has 1 heterocycles. The van der Waals surface area contributed by atoms with Crippen LogP contribution in [0.4, 0.5) is 5.69 Å². The number of anilines is 1. The van der Waals surface area contributed by atoms with Gasteiger partial charge in [0.15, 0.2) is 0 Å². The molecule has 0 saturated carbocycles. The van der Waals surface area contributed by atoms with Crippen molar-refractivity contribution in [1.82, 2.24) is 5.32 Å². The number of hydrogen-bond acceptors (Lipinski definition) is 2. The highest BCUT2D eigenvalue weighted by atomic mass is 16.2. The maximum absolute atomic E-state index is 12.6. The molecule has 1 aliphatic rings. The van der Waals surface area contributed by atoms with Crippen molar-refractivity contribution < 1.29 is 9.59 Å². The van der Waals surface area contributed by atoms with Gasteiger partial charge >= 0.3 is 0 Å². The topological polar surface area (TPSA) is 49.4 Å². The summed E-state index contributed by atoms with van der Waals surface area (Å²) in [6, 6.07) is 19.3. The molecule has 2 unspecified atom stereocenters. The minimum atomic E-state index is -0.404. The smallest absolute Gasteiger partial charge is 0.243 e. The van der Waals surface area contributed by atoms with Gasteiger partial charge in [0.25, 0.3) is 0 Å². The van der Waals surface area contributed by atoms with E-state index >= 15 is 0 Å². The Kier molecular flexibility index (Phi) is 5.49. The lowest BCUT2D eigenvalue weighted by molar-refractivity contribution is -0.124. The number of carbonyl (C=O) groups excluding carboxylic acids is 2. The van der Waals surface area contributed by atoms with Crippen LogP contribution >= 0.6 is 0 Å². The summed E-state index contributed by atoms with van der Waals surface area (Å²) in [5, 5.41) is 3.03. The zero-order valence-electron chi connectivity index (χ0n) is 14.5. The van der Waals surface area contributed by atoms with Gasteiger partial charge in [-0.25, -0.2) is 0 Å². The van der Waals surface area contributed by atoms with E-state index in [0.717, 1.165) is 12.1 Å². The predicted molar refractivity (Wildman–Crippen MR) is 99.3 cm³/mol. The average molecular weight is 336 g/mol. The Morgan fingerprint density at radius 3 is 2.44 bits per heavy atom. The van der Waals surface area contributed by atoms with Gasteiger partial charge < -0.3 is 5.32 Å². The molecule has 0 spiro atoms. The molecule has 0 bridgehead atoms. The highest BCUT2D eigenvalue weighted by Gasteiger charge is 2.36. The minimum Gasteiger partial charge on any atom is -0.354 e. The number of nitrogens with zero attached hydrogens (tertiary/aromatic N) is 1. The summed E-state index contributed by atoms with van der Waals surface area (Å²) < 4.78 is 0. The van der Waals surface area contributed by atoms with Crippen molar-refractivity contribution in [3.63, 3.8) is 0 Å². The summed E-state index contributed by atoms with van der Waals surface area (Å²) in [6.07, 6.45) is 1.92. The van der Waals surface area contributed by atoms with Crippen molar-refractivity contribution in [2.45, 2.75) is 32.2 Å². The summed E-state index contributed by atoms with van der Waals surface area (Å²) in [5.41, 5.74) is 2.06. The monoisotopic (exact) mass is 336 g/mol. The molecule has 1 aliphatic heterocycles. The Bertz CT molecular complexity index is 715. The van der Waals surface area contributed by atoms with Gasteiger partial charge in [0.05, 0.1) is 0 Å². The van der Waals surface area contributed by atoms with Gasteiger partial charge in [-0.3, -0.25) is 14.5 Å². The van der Waals surface area contributed by atoms with E-state index in [1.54, 1.807) is 4.90 Å². The molecule has 1 saturated heterocycles. The SMILES string of the molecule is CC(CNC(=O)C1CCC(=O)N1c1ccccc1)Cc1ccccc1. The van der Waals surface area contributed by atoms with Gasteiger partial charge in [-0.1, -0.05) is 55.5 Å². The minimum absolute atomic E-state index is 0.0173. The second-order valence-corrected chi connectivity index (χ2v) is 6.69. The summed E-state index contributed by atoms with van der Waals surface area (Å²) in [6.45, 7) is 2.74. The fourth-order valence-corrected chi connectivity index (χ4v) is 3.33. The van der Waals surface area contributed by atoms with E-state index in [-0.39, 0.29) is 11.8 Å². The molecule has 130 valence electrons. The molecule has 2 aromatic rings. The number of nitrogens with one attached hydrogen (secondary N) is 1. The molecule has 4 heteroatoms. The molecule has 1 fully saturated rings. The van der Waals surface area contributed by atoms with Crippen LogP contribution in [-0.2, 0) is 16.0 Å². The van der Waals surface area contributed by atoms with Gasteiger partial charge in [-0.05, 0) is 36.5 Å². The third-order valence-electron chi connectivity index (χ3n) is 4.60. The molecule has 4 nitrogen and oxygen atoms in total. The quantitative estimate of drug-likeness (QED) is 0.881. The first kappa shape index (κ1) is 17.2. The number of hydrogen-bond donors (Lipinski definition) is 1. The summed E-state index contributed by atoms with van der Waals surface area (Å²) in [7, 11) is 0. The lowest BCUT2D eigenvalue weighted by Gasteiger charge is -2.24. The number of amides is 2. The molecule has 1 N–H and O–H groups in total. The molecular weight excluding hydrogens is 312 g/mol. The third-order valence-corrected chi connectivity index (χ3v) is 4.60. The van der Waals surface area contributed by atoms with Gasteiger partial charge in [0.2, 0.25) is 11.8 Å². The van der Waals surface area contributed by atoms with E-state index in [2.05, 4.69) is 24.4 Å². The van der Waals surface area contributed by atoms with Crippen LogP contribution in [0.2, 0.25) is 0 Å². The molecule has 0 aromatic heterocycles. The second-order valence-electron chi connectivity index (χ2n) is 6.69. The van der Waals surface area contributed by atoms with Gasteiger partial charge in [-0.2, -0.15) is 0 Å². The van der Waals surface area contributed by atoms with E-state index in [1.807, 2.05) is 48.5 Å². The van der Waals surface area contributed by atoms with E-state index in [4.69, 9.17) is 0 Å². The first-order valence-corrected chi connectivity index (χ1v) is 8.84. The first-order chi connectivity index (χ1) is 12.1. The van der Waals surface area contributed by atoms with Crippen molar-refractivity contribution >= 4 is 17.5 Å². The van der Waals surface area contributed by atoms with Gasteiger partial charge in [0.1, 0.15) is 6.04 Å². The second kappa shape index (κ2) is 7.97. The van der Waals surface area contributed by atoms with Crippen LogP contribution in [0.5, 0.6) is 0 Å². The lowest BCUT2D eigenvalue weighted by Crippen LogP contribution is -2.46. The molecule has 0 aliphatic carbocycles. The van der Waals surface area contributed by atoms with Crippen LogP contribution < -0.4 is 10.2 Å². The maximum atomic E-state index is 12.6. The fourth-order valence-electron chi connectivity index (χ4n) is 3.33. The number of rotatable bonds is 6. The molecule has 2 atom stereocenters. The molecular formula is C21H24N2O2. The maximum Gasteiger partial charge on any atom is 0.243 e. The Labute approximate surface area is 148 Å². The molecule has 0 radical (unpaired) electrons. The summed E-state index contributed by atoms with van der Waals surface area (Å²) in [5.74, 6) is 0.298. The molecule has 3 rings (SSSR count). The Hall–Kier alpha value is -2.62. The zero-order chi connectivity index (χ0) is 17.6. The van der Waals surface area contributed by atoms with Crippen molar-refractivity contribution in [2.75, 3.05) is 11.4 Å². The Morgan fingerprint density at radius 2 is 1.76 bits per heavy atom. The van der Waals surface area contributed by atoms with Crippen molar-refractivity contribution in [1.29, 1.82) is 0 Å². The highest BCUT2D eigenvalue weighted by molar-refractivity contribution is 6.03. The van der Waals surface area contributed by atoms with E-state index in [9.17, 15) is 9.59 Å². The normalized spacial score (nSPS) is 18.2. The van der Waals surface area contributed by atoms with Crippen LogP contribution in [0, 0.1) is 5.92 Å². The van der Waals surface area contributed by atoms with Gasteiger partial charge in [-0.15, -0.1) is 0 Å². The Balaban J connectivity index is 1.58. The summed E-state index contributed by atoms with van der Waals surface area (Å²) in [4.78, 5) is 26.5. The third kappa shape index (κ3) is 4.27. The largest absolute Gasteiger partial charge is 0.354 e. The summed E-state index contributed by atoms with van der Waals surface area (Å²) >= 11 is 0. The highest BCUT2D eigenvalue weighted by Crippen LogP contribution is 2.26. The van der Waals surface area contributed by atoms with Crippen molar-refractivity contribution in [3.8, 4) is 0 Å². The van der Waals surface area contributed by atoms with Crippen LogP contribution in [0.1, 0.15) is 25.3 Å². The molecule has 25 heavy (non-hydrogen) atoms. The van der Waals surface area contributed by atoms with Gasteiger partial charge in [0, 0.05) is 18.7 Å². The molecule has 2 aromatic carbocycles. The van der Waals surface area contributed by atoms with Crippen LogP contribution in [0.25, 0.3) is 0 Å². The molecule has 2 amide bonds. The number of carbonyl (C=O) groups is 2. The number of benzene rings is 2. The average Bonchev–Trinajstić information content (AvgIpc) is 3.03. The van der Waals surface area contributed by atoms with Crippen LogP contribution in [-0.4, -0.2) is 24.4 Å². The Morgan fingerprint density at radius 1 is 1.12 bits per heavy atom. The van der Waals surface area contributed by atoms with E-state index in [1.165, 1.54) is 5.56 Å². The van der Waals surface area contributed by atoms with Crippen LogP contribution in [0.15, 0.2) is 60.7 Å². The zero-order valence-corrected chi connectivity index (χ0v) is 14.5. The fraction of sp³-hybridized carbons (Fsp3) is 0.333. The standard InChI is InChI=1S/C21H24N2O2/c1-16(14-17-8-4-2-5-9-17)15-22-21(25)19-12-13-20(24)23(19)18-10-6-3-7-11-18/h2-11,16,19H,12-15H2,1H3,(H,22,25). The van der Waals surface area contributed by atoms with E-state index in [0.29, 0.717) is 25.3 Å². The van der Waals surface area contributed by atoms with Crippen molar-refractivity contribution in [2.24, 2.45) is 5.92 Å². The lowest BCUT2D eigenvalue weighted by atomic mass is 10.0. The van der Waals surface area contributed by atoms with Crippen molar-refractivity contribution in [3.05, 3.63) is 66.2 Å². The first-order valence-electron chi connectivity index (χ1n) is 8.84. The number of para-hydroxylation sites is 1. The van der Waals surface area contributed by atoms with Crippen LogP contribution in [0.3, 0.4) is 0 Å². The van der Waals surface area contributed by atoms with E-state index < -0.39 is 6.04 Å². The predicted octanol–water partition coefficient (Wildman–Crippen LogP) is 3.18.